The van der Waals surface area contributed by atoms with Crippen LogP contribution in [0.25, 0.3) is 0 Å². The molecule has 1 heterocycles. The van der Waals surface area contributed by atoms with E-state index in [1.807, 2.05) is 30.3 Å². The van der Waals surface area contributed by atoms with Crippen LogP contribution in [0.15, 0.2) is 52.3 Å². The molecule has 0 amide bonds. The number of hydrogen-bond donors (Lipinski definition) is 3. The second-order valence-corrected chi connectivity index (χ2v) is 8.22. The van der Waals surface area contributed by atoms with Crippen LogP contribution in [0.4, 0.5) is 11.4 Å². The van der Waals surface area contributed by atoms with E-state index in [1.165, 1.54) is 12.8 Å². The van der Waals surface area contributed by atoms with Crippen molar-refractivity contribution in [2.45, 2.75) is 54.5 Å². The van der Waals surface area contributed by atoms with Crippen molar-refractivity contribution in [3.63, 3.8) is 0 Å². The van der Waals surface area contributed by atoms with E-state index >= 15 is 0 Å². The van der Waals surface area contributed by atoms with Crippen molar-refractivity contribution < 1.29 is 4.74 Å². The molecule has 5 heteroatoms. The summed E-state index contributed by atoms with van der Waals surface area (Å²) >= 11 is 1.66. The van der Waals surface area contributed by atoms with Crippen LogP contribution in [-0.4, -0.2) is 18.2 Å². The van der Waals surface area contributed by atoms with Gasteiger partial charge < -0.3 is 21.5 Å². The molecule has 0 aliphatic carbocycles. The smallest absolute Gasteiger partial charge is 0.121 e. The number of nitrogen functional groups attached to an aromatic ring is 2. The first-order chi connectivity index (χ1) is 11.9. The van der Waals surface area contributed by atoms with Crippen molar-refractivity contribution in [3.8, 4) is 5.75 Å². The minimum atomic E-state index is -0.241. The molecule has 25 heavy (non-hydrogen) atoms. The molecule has 4 nitrogen and oxygen atoms in total. The summed E-state index contributed by atoms with van der Waals surface area (Å²) in [5.74, 6) is 0.894. The predicted molar refractivity (Wildman–Crippen MR) is 106 cm³/mol. The highest BCUT2D eigenvalue weighted by Gasteiger charge is 2.32. The largest absolute Gasteiger partial charge is 0.486 e. The molecule has 5 N–H and O–H groups in total. The molecular formula is C20H27N3OS. The quantitative estimate of drug-likeness (QED) is 0.696. The normalized spacial score (nSPS) is 18.1. The Bertz CT molecular complexity index is 727. The van der Waals surface area contributed by atoms with Crippen LogP contribution in [0, 0.1) is 0 Å². The summed E-state index contributed by atoms with van der Waals surface area (Å²) in [7, 11) is 0. The molecule has 0 bridgehead atoms. The zero-order valence-corrected chi connectivity index (χ0v) is 15.7. The minimum absolute atomic E-state index is 0.241. The van der Waals surface area contributed by atoms with Crippen molar-refractivity contribution in [1.29, 1.82) is 0 Å². The van der Waals surface area contributed by atoms with Crippen molar-refractivity contribution >= 4 is 23.1 Å². The Balaban J connectivity index is 1.71. The third-order valence-corrected chi connectivity index (χ3v) is 5.61. The van der Waals surface area contributed by atoms with Crippen LogP contribution in [0.3, 0.4) is 0 Å². The van der Waals surface area contributed by atoms with Crippen molar-refractivity contribution in [1.82, 2.24) is 5.32 Å². The fraction of sp³-hybridized carbons (Fsp3) is 0.400. The molecular weight excluding hydrogens is 330 g/mol. The fourth-order valence-corrected chi connectivity index (χ4v) is 4.09. The van der Waals surface area contributed by atoms with Gasteiger partial charge in [0.2, 0.25) is 0 Å². The van der Waals surface area contributed by atoms with Gasteiger partial charge in [-0.2, -0.15) is 0 Å². The van der Waals surface area contributed by atoms with Gasteiger partial charge in [-0.05, 0) is 69.6 Å². The van der Waals surface area contributed by atoms with E-state index in [-0.39, 0.29) is 5.60 Å². The number of piperidine rings is 1. The molecule has 0 saturated carbocycles. The highest BCUT2D eigenvalue weighted by atomic mass is 32.2. The third-order valence-electron chi connectivity index (χ3n) is 4.63. The molecule has 1 unspecified atom stereocenters. The minimum Gasteiger partial charge on any atom is -0.486 e. The standard InChI is InChI=1S/C20H27N3OS/c1-20(2,19-8-3-4-11-23-19)24-14-6-5-7-15(12-14)25-16-9-10-17(21)18(22)13-16/h5-7,9-10,12-13,19,23H,3-4,8,11,21-22H2,1-2H3. The van der Waals surface area contributed by atoms with Crippen LogP contribution < -0.4 is 21.5 Å². The summed E-state index contributed by atoms with van der Waals surface area (Å²) in [6, 6.07) is 14.3. The number of rotatable bonds is 5. The third kappa shape index (κ3) is 4.61. The Morgan fingerprint density at radius 2 is 1.84 bits per heavy atom. The molecule has 0 radical (unpaired) electrons. The molecule has 134 valence electrons. The lowest BCUT2D eigenvalue weighted by molar-refractivity contribution is 0.0528. The van der Waals surface area contributed by atoms with Gasteiger partial charge in [-0.1, -0.05) is 24.2 Å². The van der Waals surface area contributed by atoms with Gasteiger partial charge in [0.05, 0.1) is 11.4 Å². The van der Waals surface area contributed by atoms with E-state index < -0.39 is 0 Å². The van der Waals surface area contributed by atoms with E-state index in [0.717, 1.165) is 28.5 Å². The maximum atomic E-state index is 6.34. The second-order valence-electron chi connectivity index (χ2n) is 7.08. The summed E-state index contributed by atoms with van der Waals surface area (Å²) in [6.07, 6.45) is 3.68. The first-order valence-corrected chi connectivity index (χ1v) is 9.61. The molecule has 3 rings (SSSR count). The number of benzene rings is 2. The molecule has 1 saturated heterocycles. The van der Waals surface area contributed by atoms with Gasteiger partial charge in [0.1, 0.15) is 11.4 Å². The van der Waals surface area contributed by atoms with Crippen molar-refractivity contribution in [2.75, 3.05) is 18.0 Å². The summed E-state index contributed by atoms with van der Waals surface area (Å²) in [5.41, 5.74) is 12.7. The topological polar surface area (TPSA) is 73.3 Å². The fourth-order valence-electron chi connectivity index (χ4n) is 3.17. The number of nitrogens with one attached hydrogen (secondary N) is 1. The average molecular weight is 358 g/mol. The Morgan fingerprint density at radius 1 is 1.04 bits per heavy atom. The molecule has 2 aromatic carbocycles. The van der Waals surface area contributed by atoms with Gasteiger partial charge in [-0.3, -0.25) is 0 Å². The van der Waals surface area contributed by atoms with Crippen LogP contribution in [-0.2, 0) is 0 Å². The number of anilines is 2. The first-order valence-electron chi connectivity index (χ1n) is 8.79. The Hall–Kier alpha value is -1.85. The van der Waals surface area contributed by atoms with Crippen molar-refractivity contribution in [3.05, 3.63) is 42.5 Å². The van der Waals surface area contributed by atoms with E-state index in [2.05, 4.69) is 31.3 Å². The van der Waals surface area contributed by atoms with E-state index in [4.69, 9.17) is 16.2 Å². The number of ether oxygens (including phenoxy) is 1. The summed E-state index contributed by atoms with van der Waals surface area (Å²) in [4.78, 5) is 2.19. The second kappa shape index (κ2) is 7.58. The number of nitrogens with two attached hydrogens (primary N) is 2. The molecule has 1 aliphatic rings. The van der Waals surface area contributed by atoms with Gasteiger partial charge in [0.25, 0.3) is 0 Å². The van der Waals surface area contributed by atoms with Crippen molar-refractivity contribution in [2.24, 2.45) is 0 Å². The first kappa shape index (κ1) is 18.0. The maximum Gasteiger partial charge on any atom is 0.121 e. The molecule has 0 aromatic heterocycles. The lowest BCUT2D eigenvalue weighted by atomic mass is 9.91. The lowest BCUT2D eigenvalue weighted by Gasteiger charge is -2.38. The van der Waals surface area contributed by atoms with E-state index in [1.54, 1.807) is 11.8 Å². The van der Waals surface area contributed by atoms with Gasteiger partial charge in [-0.15, -0.1) is 0 Å². The molecule has 1 fully saturated rings. The monoisotopic (exact) mass is 357 g/mol. The SMILES string of the molecule is CC(C)(Oc1cccc(Sc2ccc(N)c(N)c2)c1)C1CCCCN1. The molecule has 0 spiro atoms. The molecule has 1 aliphatic heterocycles. The zero-order valence-electron chi connectivity index (χ0n) is 14.9. The van der Waals surface area contributed by atoms with E-state index in [9.17, 15) is 0 Å². The Morgan fingerprint density at radius 3 is 2.56 bits per heavy atom. The maximum absolute atomic E-state index is 6.34. The molecule has 2 aromatic rings. The van der Waals surface area contributed by atoms with Crippen LogP contribution in [0.1, 0.15) is 33.1 Å². The van der Waals surface area contributed by atoms with Gasteiger partial charge in [-0.25, -0.2) is 0 Å². The highest BCUT2D eigenvalue weighted by molar-refractivity contribution is 7.99. The van der Waals surface area contributed by atoms with Gasteiger partial charge in [0.15, 0.2) is 0 Å². The van der Waals surface area contributed by atoms with Gasteiger partial charge >= 0.3 is 0 Å². The highest BCUT2D eigenvalue weighted by Crippen LogP contribution is 2.34. The van der Waals surface area contributed by atoms with Crippen LogP contribution in [0.2, 0.25) is 0 Å². The van der Waals surface area contributed by atoms with Gasteiger partial charge in [0, 0.05) is 15.8 Å². The Kier molecular flexibility index (Phi) is 5.45. The van der Waals surface area contributed by atoms with E-state index in [0.29, 0.717) is 17.4 Å². The lowest BCUT2D eigenvalue weighted by Crippen LogP contribution is -2.52. The number of hydrogen-bond acceptors (Lipinski definition) is 5. The summed E-state index contributed by atoms with van der Waals surface area (Å²) < 4.78 is 6.34. The van der Waals surface area contributed by atoms with Crippen LogP contribution >= 0.6 is 11.8 Å². The summed E-state index contributed by atoms with van der Waals surface area (Å²) in [5, 5.41) is 3.59. The summed E-state index contributed by atoms with van der Waals surface area (Å²) in [6.45, 7) is 5.40. The van der Waals surface area contributed by atoms with Crippen LogP contribution in [0.5, 0.6) is 5.75 Å². The predicted octanol–water partition coefficient (Wildman–Crippen LogP) is 4.30. The zero-order chi connectivity index (χ0) is 17.9. The average Bonchev–Trinajstić information content (AvgIpc) is 2.59. The Labute approximate surface area is 154 Å². The molecule has 1 atom stereocenters.